The first-order chi connectivity index (χ1) is 8.74. The van der Waals surface area contributed by atoms with Crippen molar-refractivity contribution in [2.24, 2.45) is 24.1 Å². The smallest absolute Gasteiger partial charge is 0.123 e. The molecule has 0 saturated carbocycles. The maximum Gasteiger partial charge on any atom is 0.123 e. The summed E-state index contributed by atoms with van der Waals surface area (Å²) in [5.74, 6) is 0. The lowest BCUT2D eigenvalue weighted by molar-refractivity contribution is 0.714. The van der Waals surface area contributed by atoms with Gasteiger partial charge in [-0.3, -0.25) is 19.3 Å². The van der Waals surface area contributed by atoms with Crippen LogP contribution in [0.3, 0.4) is 0 Å². The van der Waals surface area contributed by atoms with Gasteiger partial charge in [0, 0.05) is 14.1 Å². The van der Waals surface area contributed by atoms with E-state index in [1.807, 2.05) is 14.1 Å². The summed E-state index contributed by atoms with van der Waals surface area (Å²) in [5.41, 5.74) is 1.49. The van der Waals surface area contributed by atoms with Crippen LogP contribution in [0.25, 0.3) is 0 Å². The van der Waals surface area contributed by atoms with Gasteiger partial charge in [0.25, 0.3) is 0 Å². The fourth-order valence-electron chi connectivity index (χ4n) is 1.28. The zero-order valence-corrected chi connectivity index (χ0v) is 10.3. The largest absolute Gasteiger partial charge is 0.289 e. The van der Waals surface area contributed by atoms with Crippen LogP contribution in [0.2, 0.25) is 0 Å². The maximum absolute atomic E-state index is 4.20. The van der Waals surface area contributed by atoms with E-state index in [0.717, 1.165) is 11.4 Å². The Labute approximate surface area is 104 Å². The highest BCUT2D eigenvalue weighted by molar-refractivity contribution is 5.76. The van der Waals surface area contributed by atoms with Gasteiger partial charge in [0.15, 0.2) is 0 Å². The molecule has 0 aliphatic heterocycles. The van der Waals surface area contributed by atoms with E-state index in [1.54, 1.807) is 34.2 Å². The zero-order chi connectivity index (χ0) is 12.8. The van der Waals surface area contributed by atoms with Crippen LogP contribution in [0, 0.1) is 0 Å². The Morgan fingerprint density at radius 1 is 0.944 bits per heavy atom. The van der Waals surface area contributed by atoms with Crippen molar-refractivity contribution in [1.82, 2.24) is 30.0 Å². The number of aryl methyl sites for hydroxylation is 2. The summed E-state index contributed by atoms with van der Waals surface area (Å²) < 4.78 is 3.27. The lowest BCUT2D eigenvalue weighted by atomic mass is 10.5. The third-order valence-electron chi connectivity index (χ3n) is 2.05. The van der Waals surface area contributed by atoms with Gasteiger partial charge in [-0.05, 0) is 0 Å². The first-order valence-corrected chi connectivity index (χ1v) is 5.46. The Balaban J connectivity index is 1.73. The van der Waals surface area contributed by atoms with Crippen LogP contribution in [0.4, 0.5) is 0 Å². The van der Waals surface area contributed by atoms with Crippen LogP contribution in [0.1, 0.15) is 11.4 Å². The van der Waals surface area contributed by atoms with Crippen LogP contribution in [-0.2, 0) is 14.1 Å². The second kappa shape index (κ2) is 5.80. The molecule has 2 aromatic heterocycles. The molecule has 94 valence electrons. The molecule has 0 N–H and O–H groups in total. The molecule has 0 spiro atoms. The number of hydrogen-bond acceptors (Lipinski definition) is 6. The molecule has 0 bridgehead atoms. The maximum atomic E-state index is 4.20. The van der Waals surface area contributed by atoms with Gasteiger partial charge in [-0.1, -0.05) is 10.4 Å². The van der Waals surface area contributed by atoms with E-state index in [-0.39, 0.29) is 0 Å². The van der Waals surface area contributed by atoms with E-state index in [0.29, 0.717) is 13.1 Å². The lowest BCUT2D eigenvalue weighted by Crippen LogP contribution is -1.91. The standard InChI is InChI=1S/C10H14N8/c1-17-7-9(13-15-17)5-11-3-4-12-6-10-8-18(2)16-14-10/h5-8H,3-4H2,1-2H3/b11-5-,12-6-. The van der Waals surface area contributed by atoms with E-state index in [1.165, 1.54) is 0 Å². The van der Waals surface area contributed by atoms with Gasteiger partial charge < -0.3 is 0 Å². The fourth-order valence-corrected chi connectivity index (χ4v) is 1.28. The molecule has 0 aliphatic rings. The summed E-state index contributed by atoms with van der Waals surface area (Å²) >= 11 is 0. The van der Waals surface area contributed by atoms with Crippen LogP contribution in [-0.4, -0.2) is 55.5 Å². The second-order valence-corrected chi connectivity index (χ2v) is 3.70. The predicted molar refractivity (Wildman–Crippen MR) is 66.9 cm³/mol. The van der Waals surface area contributed by atoms with Crippen LogP contribution in [0.15, 0.2) is 22.4 Å². The lowest BCUT2D eigenvalue weighted by Gasteiger charge is -1.87. The molecule has 0 unspecified atom stereocenters. The predicted octanol–water partition coefficient (Wildman–Crippen LogP) is -0.518. The average Bonchev–Trinajstić information content (AvgIpc) is 2.93. The van der Waals surface area contributed by atoms with Gasteiger partial charge in [-0.2, -0.15) is 0 Å². The van der Waals surface area contributed by atoms with Gasteiger partial charge in [0.1, 0.15) is 11.4 Å². The molecule has 0 aliphatic carbocycles. The number of aromatic nitrogens is 6. The summed E-state index contributed by atoms with van der Waals surface area (Å²) in [6, 6.07) is 0. The third kappa shape index (κ3) is 3.58. The normalized spacial score (nSPS) is 11.9. The summed E-state index contributed by atoms with van der Waals surface area (Å²) in [4.78, 5) is 8.39. The number of nitrogens with zero attached hydrogens (tertiary/aromatic N) is 8. The minimum Gasteiger partial charge on any atom is -0.289 e. The summed E-state index contributed by atoms with van der Waals surface area (Å²) in [5, 5.41) is 15.4. The van der Waals surface area contributed by atoms with Crippen molar-refractivity contribution in [3.63, 3.8) is 0 Å². The highest BCUT2D eigenvalue weighted by atomic mass is 15.4. The van der Waals surface area contributed by atoms with Crippen molar-refractivity contribution >= 4 is 12.4 Å². The van der Waals surface area contributed by atoms with Crippen LogP contribution >= 0.6 is 0 Å². The fraction of sp³-hybridized carbons (Fsp3) is 0.400. The molecule has 0 aromatic carbocycles. The Bertz CT molecular complexity index is 499. The van der Waals surface area contributed by atoms with Crippen molar-refractivity contribution in [3.05, 3.63) is 23.8 Å². The Kier molecular flexibility index (Phi) is 3.90. The molecule has 8 nitrogen and oxygen atoms in total. The van der Waals surface area contributed by atoms with E-state index in [4.69, 9.17) is 0 Å². The molecule has 0 saturated heterocycles. The van der Waals surface area contributed by atoms with Gasteiger partial charge in [0.05, 0.1) is 37.9 Å². The molecule has 0 atom stereocenters. The van der Waals surface area contributed by atoms with Crippen molar-refractivity contribution in [2.45, 2.75) is 0 Å². The minimum atomic E-state index is 0.605. The molecular formula is C10H14N8. The first-order valence-electron chi connectivity index (χ1n) is 5.46. The van der Waals surface area contributed by atoms with E-state index < -0.39 is 0 Å². The van der Waals surface area contributed by atoms with Crippen molar-refractivity contribution < 1.29 is 0 Å². The quantitative estimate of drug-likeness (QED) is 0.525. The highest BCUT2D eigenvalue weighted by Crippen LogP contribution is 1.87. The number of hydrogen-bond donors (Lipinski definition) is 0. The number of rotatable bonds is 5. The number of aliphatic imine (C=N–C) groups is 2. The van der Waals surface area contributed by atoms with Crippen molar-refractivity contribution in [3.8, 4) is 0 Å². The first kappa shape index (κ1) is 12.1. The molecule has 8 heteroatoms. The van der Waals surface area contributed by atoms with E-state index in [9.17, 15) is 0 Å². The second-order valence-electron chi connectivity index (χ2n) is 3.70. The Morgan fingerprint density at radius 3 is 1.72 bits per heavy atom. The summed E-state index contributed by atoms with van der Waals surface area (Å²) in [6.45, 7) is 1.21. The highest BCUT2D eigenvalue weighted by Gasteiger charge is 1.92. The van der Waals surface area contributed by atoms with Gasteiger partial charge in [-0.25, -0.2) is 0 Å². The van der Waals surface area contributed by atoms with E-state index >= 15 is 0 Å². The van der Waals surface area contributed by atoms with Gasteiger partial charge in [-0.15, -0.1) is 10.2 Å². The molecule has 2 aromatic rings. The van der Waals surface area contributed by atoms with Crippen molar-refractivity contribution in [2.75, 3.05) is 13.1 Å². The van der Waals surface area contributed by atoms with Gasteiger partial charge >= 0.3 is 0 Å². The third-order valence-corrected chi connectivity index (χ3v) is 2.05. The molecule has 2 rings (SSSR count). The van der Waals surface area contributed by atoms with Crippen molar-refractivity contribution in [1.29, 1.82) is 0 Å². The SMILES string of the molecule is Cn1cc(/C=N\CC/N=C\c2cn(C)nn2)nn1. The van der Waals surface area contributed by atoms with Crippen LogP contribution in [0.5, 0.6) is 0 Å². The molecule has 2 heterocycles. The average molecular weight is 246 g/mol. The minimum absolute atomic E-state index is 0.605. The zero-order valence-electron chi connectivity index (χ0n) is 10.3. The Morgan fingerprint density at radius 2 is 1.39 bits per heavy atom. The molecule has 0 radical (unpaired) electrons. The van der Waals surface area contributed by atoms with E-state index in [2.05, 4.69) is 30.6 Å². The Hall–Kier alpha value is -2.38. The summed E-state index contributed by atoms with van der Waals surface area (Å²) in [6.07, 6.45) is 6.97. The molecular weight excluding hydrogens is 232 g/mol. The molecule has 18 heavy (non-hydrogen) atoms. The topological polar surface area (TPSA) is 86.1 Å². The molecule has 0 amide bonds. The molecule has 0 fully saturated rings. The summed E-state index contributed by atoms with van der Waals surface area (Å²) in [7, 11) is 3.63. The monoisotopic (exact) mass is 246 g/mol. The van der Waals surface area contributed by atoms with Gasteiger partial charge in [0.2, 0.25) is 0 Å². The van der Waals surface area contributed by atoms with Crippen LogP contribution < -0.4 is 0 Å².